The molecule has 1 amide bonds. The summed E-state index contributed by atoms with van der Waals surface area (Å²) < 4.78 is 23.5. The average molecular weight is 1010 g/mol. The molecule has 0 bridgehead atoms. The van der Waals surface area contributed by atoms with Gasteiger partial charge in [0.2, 0.25) is 5.91 Å². The largest absolute Gasteiger partial charge is 0.472 e. The summed E-state index contributed by atoms with van der Waals surface area (Å²) in [5.41, 5.74) is 0. The molecule has 0 aliphatic rings. The molecule has 402 valence electrons. The summed E-state index contributed by atoms with van der Waals surface area (Å²) >= 11 is 0. The van der Waals surface area contributed by atoms with Crippen LogP contribution in [0.5, 0.6) is 0 Å². The molecule has 0 heterocycles. The van der Waals surface area contributed by atoms with Gasteiger partial charge in [0.15, 0.2) is 0 Å². The van der Waals surface area contributed by atoms with Crippen molar-refractivity contribution in [2.75, 3.05) is 40.9 Å². The summed E-state index contributed by atoms with van der Waals surface area (Å²) in [6.07, 6.45) is 84.4. The van der Waals surface area contributed by atoms with Crippen LogP contribution >= 0.6 is 7.82 Å². The van der Waals surface area contributed by atoms with Crippen LogP contribution in [0.4, 0.5) is 0 Å². The maximum Gasteiger partial charge on any atom is 0.472 e. The molecule has 72 heavy (non-hydrogen) atoms. The van der Waals surface area contributed by atoms with Crippen LogP contribution in [0.25, 0.3) is 0 Å². The van der Waals surface area contributed by atoms with Crippen LogP contribution in [0.1, 0.15) is 155 Å². The molecule has 0 saturated carbocycles. The van der Waals surface area contributed by atoms with E-state index in [4.69, 9.17) is 9.05 Å². The van der Waals surface area contributed by atoms with Crippen LogP contribution in [0, 0.1) is 0 Å². The number of hydrogen-bond donors (Lipinski definition) is 3. The summed E-state index contributed by atoms with van der Waals surface area (Å²) in [5.74, 6) is -0.245. The number of unbranched alkanes of at least 4 members (excludes halogenated alkanes) is 5. The lowest BCUT2D eigenvalue weighted by atomic mass is 10.1. The predicted molar refractivity (Wildman–Crippen MR) is 313 cm³/mol. The highest BCUT2D eigenvalue weighted by Crippen LogP contribution is 2.43. The zero-order valence-electron chi connectivity index (χ0n) is 45.6. The van der Waals surface area contributed by atoms with Crippen LogP contribution in [-0.2, 0) is 18.4 Å². The second-order valence-electron chi connectivity index (χ2n) is 18.5. The third-order valence-corrected chi connectivity index (χ3v) is 11.6. The zero-order chi connectivity index (χ0) is 52.7. The first-order valence-electron chi connectivity index (χ1n) is 27.2. The Morgan fingerprint density at radius 2 is 0.833 bits per heavy atom. The van der Waals surface area contributed by atoms with E-state index < -0.39 is 20.0 Å². The molecule has 0 radical (unpaired) electrons. The van der Waals surface area contributed by atoms with Crippen molar-refractivity contribution >= 4 is 13.7 Å². The van der Waals surface area contributed by atoms with Gasteiger partial charge in [-0.2, -0.15) is 0 Å². The Morgan fingerprint density at radius 1 is 0.486 bits per heavy atom. The van der Waals surface area contributed by atoms with E-state index >= 15 is 0 Å². The molecule has 0 aromatic heterocycles. The molecule has 0 fully saturated rings. The maximum atomic E-state index is 12.9. The van der Waals surface area contributed by atoms with Gasteiger partial charge in [-0.15, -0.1) is 0 Å². The van der Waals surface area contributed by atoms with Gasteiger partial charge in [0.1, 0.15) is 13.2 Å². The van der Waals surface area contributed by atoms with E-state index in [0.29, 0.717) is 17.4 Å². The molecule has 9 heteroatoms. The van der Waals surface area contributed by atoms with E-state index in [1.165, 1.54) is 0 Å². The molecule has 0 aromatic carbocycles. The number of phosphoric acid groups is 1. The third-order valence-electron chi connectivity index (χ3n) is 10.6. The smallest absolute Gasteiger partial charge is 0.387 e. The maximum absolute atomic E-state index is 12.9. The standard InChI is InChI=1S/C63H99N2O6P/c1-6-8-10-12-14-16-18-19-20-21-22-23-24-25-26-27-28-29-30-31-32-33-34-35-36-37-38-39-40-41-42-43-44-45-47-49-51-53-55-57-63(67)64-61(60-71-72(68,69)70-59-58-65(3,4)5)62(66)56-54-52-50-48-46-17-15-13-11-9-7-2/h8,10-11,13-14,16,19-20,22-23,25-26,28-29,31-32,34-35,37-38,40-41,43-44,46-49,54,56,61-62,66H,6-7,9,12,15,17-18,21,24,27,30,33,36,39,42,45,50-53,55,57-60H2,1-5H3,(H-,64,67,68,69)/p+1/b10-8-,13-11+,16-14-,20-19-,23-22-,26-25-,29-28-,32-31-,35-34-,38-37-,41-40-,44-43-,48-46+,49-47-,56-54+. The first kappa shape index (κ1) is 67.6. The van der Waals surface area contributed by atoms with Crippen LogP contribution in [0.2, 0.25) is 0 Å². The third kappa shape index (κ3) is 53.4. The number of quaternary nitrogens is 1. The minimum atomic E-state index is -4.38. The molecule has 0 aliphatic heterocycles. The van der Waals surface area contributed by atoms with Crippen molar-refractivity contribution in [3.05, 3.63) is 182 Å². The van der Waals surface area contributed by atoms with E-state index in [1.54, 1.807) is 6.08 Å². The van der Waals surface area contributed by atoms with Crippen LogP contribution in [0.15, 0.2) is 182 Å². The lowest BCUT2D eigenvalue weighted by Crippen LogP contribution is -2.45. The Morgan fingerprint density at radius 3 is 1.21 bits per heavy atom. The molecule has 0 rings (SSSR count). The lowest BCUT2D eigenvalue weighted by Gasteiger charge is -2.25. The molecule has 0 saturated heterocycles. The number of amides is 1. The van der Waals surface area contributed by atoms with Crippen molar-refractivity contribution in [1.82, 2.24) is 5.32 Å². The van der Waals surface area contributed by atoms with Crippen molar-refractivity contribution < 1.29 is 32.9 Å². The van der Waals surface area contributed by atoms with Crippen LogP contribution in [-0.4, -0.2) is 73.4 Å². The van der Waals surface area contributed by atoms with E-state index in [0.717, 1.165) is 128 Å². The Bertz CT molecular complexity index is 1810. The number of rotatable bonds is 46. The zero-order valence-corrected chi connectivity index (χ0v) is 46.5. The van der Waals surface area contributed by atoms with E-state index in [-0.39, 0.29) is 25.5 Å². The number of likely N-dealkylation sites (N-methyl/N-ethyl adjacent to an activating group) is 1. The van der Waals surface area contributed by atoms with Gasteiger partial charge < -0.3 is 19.8 Å². The number of nitrogens with one attached hydrogen (secondary N) is 1. The number of carbonyl (C=O) groups is 1. The SMILES string of the molecule is CC/C=C\C/C=C\C/C=C\C/C=C\C/C=C\C/C=C\C/C=C\C/C=C\C/C=C\C/C=C\C/C=C\C/C=C\CCCCC(=O)NC(COP(=O)(O)OCC[N+](C)(C)C)C(O)/C=C/CC/C=C/CC/C=C/CCC. The molecular weight excluding hydrogens is 912 g/mol. The summed E-state index contributed by atoms with van der Waals surface area (Å²) in [5, 5.41) is 13.8. The number of aliphatic hydroxyl groups is 1. The summed E-state index contributed by atoms with van der Waals surface area (Å²) in [6.45, 7) is 4.51. The predicted octanol–water partition coefficient (Wildman–Crippen LogP) is 16.6. The lowest BCUT2D eigenvalue weighted by molar-refractivity contribution is -0.870. The monoisotopic (exact) mass is 1010 g/mol. The van der Waals surface area contributed by atoms with E-state index in [1.807, 2.05) is 27.2 Å². The van der Waals surface area contributed by atoms with Gasteiger partial charge in [-0.1, -0.05) is 203 Å². The summed E-state index contributed by atoms with van der Waals surface area (Å²) in [7, 11) is 1.48. The Labute approximate surface area is 440 Å². The Kier molecular flexibility index (Phi) is 48.4. The highest BCUT2D eigenvalue weighted by atomic mass is 31.2. The van der Waals surface area contributed by atoms with E-state index in [2.05, 4.69) is 189 Å². The Hall–Kier alpha value is -4.40. The second kappa shape index (κ2) is 51.5. The number of hydrogen-bond acceptors (Lipinski definition) is 5. The average Bonchev–Trinajstić information content (AvgIpc) is 3.34. The number of phosphoric ester groups is 1. The second-order valence-corrected chi connectivity index (χ2v) is 19.9. The first-order valence-corrected chi connectivity index (χ1v) is 28.7. The molecule has 3 atom stereocenters. The van der Waals surface area contributed by atoms with Gasteiger partial charge in [-0.3, -0.25) is 13.8 Å². The topological polar surface area (TPSA) is 105 Å². The van der Waals surface area contributed by atoms with Crippen molar-refractivity contribution in [3.63, 3.8) is 0 Å². The molecule has 3 unspecified atom stereocenters. The fourth-order valence-electron chi connectivity index (χ4n) is 6.35. The molecular formula is C63H100N2O6P+. The number of aliphatic hydroxyl groups excluding tert-OH is 1. The van der Waals surface area contributed by atoms with Crippen LogP contribution < -0.4 is 5.32 Å². The van der Waals surface area contributed by atoms with Gasteiger partial charge >= 0.3 is 7.82 Å². The minimum absolute atomic E-state index is 0.0339. The molecule has 0 aromatic rings. The Balaban J connectivity index is 4.27. The summed E-state index contributed by atoms with van der Waals surface area (Å²) in [6, 6.07) is -0.906. The summed E-state index contributed by atoms with van der Waals surface area (Å²) in [4.78, 5) is 23.1. The van der Waals surface area contributed by atoms with Gasteiger partial charge in [0, 0.05) is 6.42 Å². The fraction of sp³-hybridized carbons (Fsp3) is 0.508. The van der Waals surface area contributed by atoms with Crippen LogP contribution in [0.3, 0.4) is 0 Å². The van der Waals surface area contributed by atoms with E-state index in [9.17, 15) is 19.4 Å². The quantitative estimate of drug-likeness (QED) is 0.0243. The van der Waals surface area contributed by atoms with Gasteiger partial charge in [0.05, 0.1) is 39.9 Å². The van der Waals surface area contributed by atoms with Gasteiger partial charge in [-0.25, -0.2) is 4.57 Å². The minimum Gasteiger partial charge on any atom is -0.387 e. The van der Waals surface area contributed by atoms with Crippen molar-refractivity contribution in [2.45, 2.75) is 167 Å². The van der Waals surface area contributed by atoms with Gasteiger partial charge in [-0.05, 0) is 128 Å². The highest BCUT2D eigenvalue weighted by molar-refractivity contribution is 7.47. The number of allylic oxidation sites excluding steroid dienone is 29. The number of carbonyl (C=O) groups excluding carboxylic acids is 1. The van der Waals surface area contributed by atoms with Gasteiger partial charge in [0.25, 0.3) is 0 Å². The molecule has 0 spiro atoms. The van der Waals surface area contributed by atoms with Crippen molar-refractivity contribution in [2.24, 2.45) is 0 Å². The van der Waals surface area contributed by atoms with Crippen molar-refractivity contribution in [3.8, 4) is 0 Å². The van der Waals surface area contributed by atoms with Crippen molar-refractivity contribution in [1.29, 1.82) is 0 Å². The molecule has 3 N–H and O–H groups in total. The first-order chi connectivity index (χ1) is 35.0. The number of nitrogens with zero attached hydrogens (tertiary/aromatic N) is 1. The molecule has 8 nitrogen and oxygen atoms in total. The highest BCUT2D eigenvalue weighted by Gasteiger charge is 2.27. The molecule has 0 aliphatic carbocycles. The fourth-order valence-corrected chi connectivity index (χ4v) is 7.09. The normalized spacial score (nSPS) is 15.4.